The zero-order valence-corrected chi connectivity index (χ0v) is 20.0. The molecular formula is C27H17F2N7O3. The number of benzene rings is 1. The van der Waals surface area contributed by atoms with Crippen molar-refractivity contribution in [1.29, 1.82) is 5.26 Å². The monoisotopic (exact) mass is 525 g/mol. The summed E-state index contributed by atoms with van der Waals surface area (Å²) in [6.45, 7) is 0.167. The van der Waals surface area contributed by atoms with Gasteiger partial charge in [-0.15, -0.1) is 0 Å². The summed E-state index contributed by atoms with van der Waals surface area (Å²) in [5.74, 6) is -1.88. The van der Waals surface area contributed by atoms with Crippen molar-refractivity contribution in [3.8, 4) is 28.8 Å². The molecule has 1 aromatic carbocycles. The van der Waals surface area contributed by atoms with Gasteiger partial charge in [0.1, 0.15) is 28.9 Å². The molecule has 0 saturated heterocycles. The average Bonchev–Trinajstić information content (AvgIpc) is 2.94. The highest BCUT2D eigenvalue weighted by Crippen LogP contribution is 2.53. The van der Waals surface area contributed by atoms with Crippen LogP contribution in [0.25, 0.3) is 11.3 Å². The summed E-state index contributed by atoms with van der Waals surface area (Å²) in [5.41, 5.74) is 6.77. The number of hydrogen-bond acceptors (Lipinski definition) is 9. The topological polar surface area (TPSA) is 148 Å². The van der Waals surface area contributed by atoms with Gasteiger partial charge < -0.3 is 20.5 Å². The largest absolute Gasteiger partial charge is 0.465 e. The normalized spacial score (nSPS) is 17.1. The van der Waals surface area contributed by atoms with E-state index in [1.54, 1.807) is 24.3 Å². The van der Waals surface area contributed by atoms with Crippen molar-refractivity contribution in [3.05, 3.63) is 95.2 Å². The first-order valence-corrected chi connectivity index (χ1v) is 11.7. The van der Waals surface area contributed by atoms with Gasteiger partial charge in [-0.2, -0.15) is 9.65 Å². The average molecular weight is 525 g/mol. The molecule has 10 nitrogen and oxygen atoms in total. The van der Waals surface area contributed by atoms with Crippen LogP contribution < -0.4 is 15.8 Å². The summed E-state index contributed by atoms with van der Waals surface area (Å²) in [6.07, 6.45) is 3.96. The zero-order valence-electron chi connectivity index (χ0n) is 20.0. The van der Waals surface area contributed by atoms with E-state index in [4.69, 9.17) is 20.5 Å². The molecule has 1 atom stereocenters. The highest BCUT2D eigenvalue weighted by Gasteiger charge is 2.46. The molecule has 39 heavy (non-hydrogen) atoms. The van der Waals surface area contributed by atoms with E-state index in [2.05, 4.69) is 25.3 Å². The first-order chi connectivity index (χ1) is 18.9. The third-order valence-electron chi connectivity index (χ3n) is 6.41. The second-order valence-corrected chi connectivity index (χ2v) is 8.79. The Hall–Kier alpha value is -5.44. The molecule has 192 valence electrons. The second-order valence-electron chi connectivity index (χ2n) is 8.79. The van der Waals surface area contributed by atoms with E-state index >= 15 is 4.39 Å². The van der Waals surface area contributed by atoms with Crippen LogP contribution in [0.3, 0.4) is 0 Å². The third kappa shape index (κ3) is 4.15. The fraction of sp³-hybridized carbons (Fsp3) is 0.111. The minimum absolute atomic E-state index is 0.109. The van der Waals surface area contributed by atoms with Gasteiger partial charge >= 0.3 is 0 Å². The van der Waals surface area contributed by atoms with E-state index in [1.807, 2.05) is 6.07 Å². The summed E-state index contributed by atoms with van der Waals surface area (Å²) < 4.78 is 40.6. The van der Waals surface area contributed by atoms with E-state index in [9.17, 15) is 9.18 Å². The maximum atomic E-state index is 15.4. The number of nitriles is 1. The van der Waals surface area contributed by atoms with E-state index in [0.717, 1.165) is 6.20 Å². The fourth-order valence-electron chi connectivity index (χ4n) is 4.64. The molecule has 2 aliphatic heterocycles. The van der Waals surface area contributed by atoms with Crippen molar-refractivity contribution >= 4 is 17.6 Å². The molecule has 3 aromatic heterocycles. The number of ether oxygens (including phenoxy) is 2. The van der Waals surface area contributed by atoms with Crippen LogP contribution in [0.2, 0.25) is 0 Å². The SMILES string of the molecule is N#Cc1ccc(C(=O)Nc2ccc3c(c2)[C@@]2(CCOC(N)=N2)c2cc(-c4cncc(F)c4)nc(F)c2O3)nc1. The Morgan fingerprint density at radius 1 is 1.10 bits per heavy atom. The molecule has 0 radical (unpaired) electrons. The summed E-state index contributed by atoms with van der Waals surface area (Å²) in [6, 6.07) is 12.3. The summed E-state index contributed by atoms with van der Waals surface area (Å²) in [7, 11) is 0. The minimum Gasteiger partial charge on any atom is -0.465 e. The lowest BCUT2D eigenvalue weighted by Crippen LogP contribution is -2.39. The van der Waals surface area contributed by atoms with E-state index in [0.29, 0.717) is 22.4 Å². The number of pyridine rings is 3. The predicted octanol–water partition coefficient (Wildman–Crippen LogP) is 4.03. The Labute approximate surface area is 219 Å². The molecule has 4 aromatic rings. The summed E-state index contributed by atoms with van der Waals surface area (Å²) >= 11 is 0. The standard InChI is InChI=1S/C27H17F2N7O3/c28-16-7-15(12-32-13-16)21-9-19-23(24(29)35-21)39-22-4-2-17(8-18(22)27(19)5-6-38-26(31)36-27)34-25(37)20-3-1-14(10-30)11-33-20/h1-4,7-9,11-13H,5-6H2,(H2,31,36)(H,34,37)/t27-/m0/s1. The van der Waals surface area contributed by atoms with Crippen LogP contribution in [0.5, 0.6) is 11.5 Å². The first-order valence-electron chi connectivity index (χ1n) is 11.7. The number of nitrogens with zero attached hydrogens (tertiary/aromatic N) is 5. The molecule has 6 rings (SSSR count). The molecule has 0 saturated carbocycles. The Morgan fingerprint density at radius 3 is 2.72 bits per heavy atom. The maximum Gasteiger partial charge on any atom is 0.283 e. The molecule has 2 aliphatic rings. The highest BCUT2D eigenvalue weighted by atomic mass is 19.1. The van der Waals surface area contributed by atoms with Crippen molar-refractivity contribution in [2.75, 3.05) is 11.9 Å². The van der Waals surface area contributed by atoms with Crippen molar-refractivity contribution in [2.45, 2.75) is 12.0 Å². The number of hydrogen-bond donors (Lipinski definition) is 2. The van der Waals surface area contributed by atoms with Gasteiger partial charge in [0.15, 0.2) is 5.75 Å². The Kier molecular flexibility index (Phi) is 5.61. The Morgan fingerprint density at radius 2 is 1.97 bits per heavy atom. The predicted molar refractivity (Wildman–Crippen MR) is 134 cm³/mol. The van der Waals surface area contributed by atoms with Gasteiger partial charge in [-0.05, 0) is 42.5 Å². The highest BCUT2D eigenvalue weighted by molar-refractivity contribution is 6.03. The summed E-state index contributed by atoms with van der Waals surface area (Å²) in [5, 5.41) is 11.7. The van der Waals surface area contributed by atoms with Gasteiger partial charge in [0, 0.05) is 41.2 Å². The molecule has 3 N–H and O–H groups in total. The van der Waals surface area contributed by atoms with Crippen LogP contribution >= 0.6 is 0 Å². The number of amidine groups is 1. The number of halogens is 2. The van der Waals surface area contributed by atoms with Crippen LogP contribution in [0.15, 0.2) is 66.0 Å². The lowest BCUT2D eigenvalue weighted by Gasteiger charge is -2.39. The van der Waals surface area contributed by atoms with Crippen LogP contribution in [-0.4, -0.2) is 33.5 Å². The molecular weight excluding hydrogens is 508 g/mol. The van der Waals surface area contributed by atoms with Gasteiger partial charge in [0.05, 0.1) is 24.1 Å². The molecule has 0 bridgehead atoms. The van der Waals surface area contributed by atoms with E-state index in [1.165, 1.54) is 30.6 Å². The zero-order chi connectivity index (χ0) is 27.1. The maximum absolute atomic E-state index is 15.4. The van der Waals surface area contributed by atoms with E-state index < -0.39 is 23.2 Å². The smallest absolute Gasteiger partial charge is 0.283 e. The lowest BCUT2D eigenvalue weighted by molar-refractivity contribution is 0.102. The van der Waals surface area contributed by atoms with Gasteiger partial charge in [-0.1, -0.05) is 0 Å². The lowest BCUT2D eigenvalue weighted by atomic mass is 9.77. The van der Waals surface area contributed by atoms with Gasteiger partial charge in [-0.3, -0.25) is 9.78 Å². The van der Waals surface area contributed by atoms with Gasteiger partial charge in [-0.25, -0.2) is 19.4 Å². The first kappa shape index (κ1) is 23.9. The number of anilines is 1. The third-order valence-corrected chi connectivity index (χ3v) is 6.41. The number of carbonyl (C=O) groups is 1. The Balaban J connectivity index is 1.46. The number of nitrogens with one attached hydrogen (secondary N) is 1. The summed E-state index contributed by atoms with van der Waals surface area (Å²) in [4.78, 5) is 29.2. The Bertz CT molecular complexity index is 1720. The minimum atomic E-state index is -1.25. The number of aromatic nitrogens is 3. The number of rotatable bonds is 3. The van der Waals surface area contributed by atoms with Crippen LogP contribution in [-0.2, 0) is 10.3 Å². The van der Waals surface area contributed by atoms with Crippen LogP contribution in [0.1, 0.15) is 33.6 Å². The molecule has 0 unspecified atom stereocenters. The number of aliphatic imine (C=N–C) groups is 1. The van der Waals surface area contributed by atoms with E-state index in [-0.39, 0.29) is 47.5 Å². The molecule has 12 heteroatoms. The van der Waals surface area contributed by atoms with Crippen molar-refractivity contribution in [1.82, 2.24) is 15.0 Å². The molecule has 1 spiro atoms. The molecule has 0 fully saturated rings. The second kappa shape index (κ2) is 9.14. The molecule has 5 heterocycles. The van der Waals surface area contributed by atoms with Crippen molar-refractivity contribution < 1.29 is 23.0 Å². The quantitative estimate of drug-likeness (QED) is 0.381. The molecule has 0 aliphatic carbocycles. The van der Waals surface area contributed by atoms with Crippen molar-refractivity contribution in [3.63, 3.8) is 0 Å². The van der Waals surface area contributed by atoms with Crippen molar-refractivity contribution in [2.24, 2.45) is 10.7 Å². The number of carbonyl (C=O) groups excluding carboxylic acids is 1. The number of amides is 1. The molecule has 1 amide bonds. The fourth-order valence-corrected chi connectivity index (χ4v) is 4.64. The van der Waals surface area contributed by atoms with Crippen LogP contribution in [0.4, 0.5) is 14.5 Å². The number of fused-ring (bicyclic) bond motifs is 4. The van der Waals surface area contributed by atoms with Crippen LogP contribution in [0, 0.1) is 23.1 Å². The van der Waals surface area contributed by atoms with Gasteiger partial charge in [0.2, 0.25) is 0 Å². The van der Waals surface area contributed by atoms with Gasteiger partial charge in [0.25, 0.3) is 17.9 Å². The number of nitrogens with two attached hydrogens (primary N) is 1.